The van der Waals surface area contributed by atoms with Crippen molar-refractivity contribution in [1.82, 2.24) is 15.3 Å². The van der Waals surface area contributed by atoms with Gasteiger partial charge >= 0.3 is 6.01 Å². The van der Waals surface area contributed by atoms with Crippen molar-refractivity contribution in [1.29, 1.82) is 0 Å². The highest BCUT2D eigenvalue weighted by atomic mass is 16.5. The lowest BCUT2D eigenvalue weighted by Gasteiger charge is -2.09. The molecule has 0 aliphatic carbocycles. The molecule has 0 bridgehead atoms. The van der Waals surface area contributed by atoms with E-state index in [9.17, 15) is 0 Å². The van der Waals surface area contributed by atoms with Crippen LogP contribution in [0.15, 0.2) is 6.20 Å². The molecule has 1 aromatic heterocycles. The van der Waals surface area contributed by atoms with Crippen molar-refractivity contribution in [2.45, 2.75) is 27.3 Å². The molecule has 0 radical (unpaired) electrons. The SMILES string of the molecule is COc1ncc(CNCC(C)C)c(C)n1. The number of aryl methyl sites for hydroxylation is 1. The van der Waals surface area contributed by atoms with E-state index in [2.05, 4.69) is 29.1 Å². The molecule has 84 valence electrons. The van der Waals surface area contributed by atoms with Crippen LogP contribution in [0.2, 0.25) is 0 Å². The van der Waals surface area contributed by atoms with Gasteiger partial charge in [-0.1, -0.05) is 13.8 Å². The van der Waals surface area contributed by atoms with Gasteiger partial charge in [0, 0.05) is 24.0 Å². The smallest absolute Gasteiger partial charge is 0.316 e. The minimum absolute atomic E-state index is 0.431. The number of hydrogen-bond acceptors (Lipinski definition) is 4. The number of nitrogens with zero attached hydrogens (tertiary/aromatic N) is 2. The number of ether oxygens (including phenoxy) is 1. The zero-order valence-corrected chi connectivity index (χ0v) is 9.87. The largest absolute Gasteiger partial charge is 0.467 e. The molecule has 0 saturated carbocycles. The Kier molecular flexibility index (Phi) is 4.49. The van der Waals surface area contributed by atoms with Crippen molar-refractivity contribution in [3.63, 3.8) is 0 Å². The second kappa shape index (κ2) is 5.66. The first-order chi connectivity index (χ1) is 7.13. The highest BCUT2D eigenvalue weighted by molar-refractivity contribution is 5.17. The first-order valence-corrected chi connectivity index (χ1v) is 5.20. The Labute approximate surface area is 91.1 Å². The van der Waals surface area contributed by atoms with Crippen molar-refractivity contribution in [3.05, 3.63) is 17.5 Å². The fourth-order valence-corrected chi connectivity index (χ4v) is 1.24. The predicted octanol–water partition coefficient (Wildman–Crippen LogP) is 1.54. The number of hydrogen-bond donors (Lipinski definition) is 1. The van der Waals surface area contributed by atoms with Crippen molar-refractivity contribution < 1.29 is 4.74 Å². The fraction of sp³-hybridized carbons (Fsp3) is 0.636. The summed E-state index contributed by atoms with van der Waals surface area (Å²) in [7, 11) is 1.57. The molecular weight excluding hydrogens is 190 g/mol. The summed E-state index contributed by atoms with van der Waals surface area (Å²) in [5.74, 6) is 0.657. The van der Waals surface area contributed by atoms with E-state index in [0.717, 1.165) is 24.3 Å². The summed E-state index contributed by atoms with van der Waals surface area (Å²) in [5.41, 5.74) is 2.09. The number of methoxy groups -OCH3 is 1. The molecule has 15 heavy (non-hydrogen) atoms. The molecule has 1 rings (SSSR count). The monoisotopic (exact) mass is 209 g/mol. The Morgan fingerprint density at radius 2 is 2.20 bits per heavy atom. The van der Waals surface area contributed by atoms with Gasteiger partial charge in [0.1, 0.15) is 0 Å². The molecule has 1 aromatic rings. The van der Waals surface area contributed by atoms with Gasteiger partial charge in [0.2, 0.25) is 0 Å². The topological polar surface area (TPSA) is 47.0 Å². The molecule has 0 atom stereocenters. The Balaban J connectivity index is 2.54. The first-order valence-electron chi connectivity index (χ1n) is 5.20. The molecule has 1 N–H and O–H groups in total. The number of nitrogens with one attached hydrogen (secondary N) is 1. The highest BCUT2D eigenvalue weighted by Crippen LogP contribution is 2.07. The third kappa shape index (κ3) is 3.83. The summed E-state index contributed by atoms with van der Waals surface area (Å²) in [6.07, 6.45) is 1.81. The van der Waals surface area contributed by atoms with Gasteiger partial charge in [-0.25, -0.2) is 9.97 Å². The number of rotatable bonds is 5. The molecule has 0 unspecified atom stereocenters. The van der Waals surface area contributed by atoms with Crippen molar-refractivity contribution >= 4 is 0 Å². The van der Waals surface area contributed by atoms with Crippen LogP contribution < -0.4 is 10.1 Å². The van der Waals surface area contributed by atoms with Gasteiger partial charge in [-0.3, -0.25) is 0 Å². The average Bonchev–Trinajstić information content (AvgIpc) is 2.20. The van der Waals surface area contributed by atoms with Crippen molar-refractivity contribution in [2.24, 2.45) is 5.92 Å². The summed E-state index contributed by atoms with van der Waals surface area (Å²) in [6, 6.07) is 0.431. The summed E-state index contributed by atoms with van der Waals surface area (Å²) in [4.78, 5) is 8.30. The second-order valence-corrected chi connectivity index (χ2v) is 3.99. The molecule has 0 spiro atoms. The summed E-state index contributed by atoms with van der Waals surface area (Å²) in [6.45, 7) is 8.16. The third-order valence-corrected chi connectivity index (χ3v) is 2.11. The van der Waals surface area contributed by atoms with E-state index in [1.54, 1.807) is 7.11 Å². The lowest BCUT2D eigenvalue weighted by molar-refractivity contribution is 0.377. The van der Waals surface area contributed by atoms with E-state index >= 15 is 0 Å². The van der Waals surface area contributed by atoms with Gasteiger partial charge in [-0.15, -0.1) is 0 Å². The molecule has 1 heterocycles. The molecule has 0 fully saturated rings. The van der Waals surface area contributed by atoms with Crippen LogP contribution in [-0.4, -0.2) is 23.6 Å². The van der Waals surface area contributed by atoms with E-state index in [4.69, 9.17) is 4.74 Å². The minimum atomic E-state index is 0.431. The van der Waals surface area contributed by atoms with Gasteiger partial charge in [0.15, 0.2) is 0 Å². The van der Waals surface area contributed by atoms with Crippen LogP contribution in [-0.2, 0) is 6.54 Å². The summed E-state index contributed by atoms with van der Waals surface area (Å²) in [5, 5.41) is 3.36. The van der Waals surface area contributed by atoms with Gasteiger partial charge < -0.3 is 10.1 Å². The predicted molar refractivity (Wildman–Crippen MR) is 59.9 cm³/mol. The zero-order valence-electron chi connectivity index (χ0n) is 9.87. The maximum Gasteiger partial charge on any atom is 0.316 e. The Bertz CT molecular complexity index is 313. The van der Waals surface area contributed by atoms with Crippen LogP contribution in [0.5, 0.6) is 6.01 Å². The van der Waals surface area contributed by atoms with Crippen LogP contribution in [0.25, 0.3) is 0 Å². The summed E-state index contributed by atoms with van der Waals surface area (Å²) >= 11 is 0. The van der Waals surface area contributed by atoms with Gasteiger partial charge in [-0.05, 0) is 19.4 Å². The maximum absolute atomic E-state index is 4.95. The van der Waals surface area contributed by atoms with Crippen LogP contribution in [0.1, 0.15) is 25.1 Å². The van der Waals surface area contributed by atoms with Crippen LogP contribution in [0.3, 0.4) is 0 Å². The molecule has 0 saturated heterocycles. The molecule has 0 aliphatic rings. The van der Waals surface area contributed by atoms with E-state index < -0.39 is 0 Å². The quantitative estimate of drug-likeness (QED) is 0.799. The standard InChI is InChI=1S/C11H19N3O/c1-8(2)5-12-6-10-7-13-11(15-4)14-9(10)3/h7-8,12H,5-6H2,1-4H3. The van der Waals surface area contributed by atoms with Gasteiger partial charge in [0.05, 0.1) is 7.11 Å². The maximum atomic E-state index is 4.95. The lowest BCUT2D eigenvalue weighted by atomic mass is 10.2. The molecular formula is C11H19N3O. The van der Waals surface area contributed by atoms with Crippen LogP contribution in [0, 0.1) is 12.8 Å². The van der Waals surface area contributed by atoms with Gasteiger partial charge in [0.25, 0.3) is 0 Å². The molecule has 0 amide bonds. The lowest BCUT2D eigenvalue weighted by Crippen LogP contribution is -2.20. The van der Waals surface area contributed by atoms with Gasteiger partial charge in [-0.2, -0.15) is 0 Å². The molecule has 4 heteroatoms. The van der Waals surface area contributed by atoms with E-state index in [0.29, 0.717) is 11.9 Å². The fourth-order valence-electron chi connectivity index (χ4n) is 1.24. The number of aromatic nitrogens is 2. The Morgan fingerprint density at radius 3 is 2.73 bits per heavy atom. The molecule has 0 aliphatic heterocycles. The molecule has 0 aromatic carbocycles. The third-order valence-electron chi connectivity index (χ3n) is 2.11. The average molecular weight is 209 g/mol. The van der Waals surface area contributed by atoms with Crippen LogP contribution >= 0.6 is 0 Å². The normalized spacial score (nSPS) is 10.7. The van der Waals surface area contributed by atoms with Crippen molar-refractivity contribution in [3.8, 4) is 6.01 Å². The zero-order chi connectivity index (χ0) is 11.3. The second-order valence-electron chi connectivity index (χ2n) is 3.99. The van der Waals surface area contributed by atoms with Crippen LogP contribution in [0.4, 0.5) is 0 Å². The first kappa shape index (κ1) is 11.9. The molecule has 4 nitrogen and oxygen atoms in total. The Morgan fingerprint density at radius 1 is 1.47 bits per heavy atom. The van der Waals surface area contributed by atoms with E-state index in [1.165, 1.54) is 0 Å². The van der Waals surface area contributed by atoms with E-state index in [1.807, 2.05) is 13.1 Å². The highest BCUT2D eigenvalue weighted by Gasteiger charge is 2.03. The Hall–Kier alpha value is -1.16. The van der Waals surface area contributed by atoms with E-state index in [-0.39, 0.29) is 0 Å². The van der Waals surface area contributed by atoms with Crippen molar-refractivity contribution in [2.75, 3.05) is 13.7 Å². The minimum Gasteiger partial charge on any atom is -0.467 e. The summed E-state index contributed by atoms with van der Waals surface area (Å²) < 4.78 is 4.95.